The molecule has 0 aliphatic carbocycles. The maximum absolute atomic E-state index is 12.3. The number of amides is 2. The van der Waals surface area contributed by atoms with Gasteiger partial charge in [-0.25, -0.2) is 4.79 Å². The first-order chi connectivity index (χ1) is 13.7. The molecule has 2 aromatic rings. The summed E-state index contributed by atoms with van der Waals surface area (Å²) in [4.78, 5) is 31.8. The van der Waals surface area contributed by atoms with Gasteiger partial charge in [-0.2, -0.15) is 4.98 Å². The van der Waals surface area contributed by atoms with Gasteiger partial charge in [0.25, 0.3) is 0 Å². The molecule has 2 heterocycles. The predicted molar refractivity (Wildman–Crippen MR) is 115 cm³/mol. The Labute approximate surface area is 181 Å². The lowest BCUT2D eigenvalue weighted by Crippen LogP contribution is -2.48. The molecule has 10 heteroatoms. The number of anilines is 1. The van der Waals surface area contributed by atoms with Crippen molar-refractivity contribution in [3.63, 3.8) is 0 Å². The molecule has 2 amide bonds. The van der Waals surface area contributed by atoms with Crippen LogP contribution < -0.4 is 10.6 Å². The minimum atomic E-state index is -0.991. The van der Waals surface area contributed by atoms with E-state index in [9.17, 15) is 14.7 Å². The van der Waals surface area contributed by atoms with Crippen molar-refractivity contribution in [2.24, 2.45) is 5.73 Å². The van der Waals surface area contributed by atoms with E-state index in [0.29, 0.717) is 42.4 Å². The quantitative estimate of drug-likeness (QED) is 0.735. The molecular formula is C20H28ClN5O4. The molecule has 0 saturated carbocycles. The zero-order valence-electron chi connectivity index (χ0n) is 17.5. The molecule has 3 rings (SSSR count). The Hall–Kier alpha value is -2.65. The third-order valence-electron chi connectivity index (χ3n) is 5.19. The second-order valence-electron chi connectivity index (χ2n) is 7.60. The predicted octanol–water partition coefficient (Wildman–Crippen LogP) is 3.23. The van der Waals surface area contributed by atoms with E-state index < -0.39 is 6.09 Å². The summed E-state index contributed by atoms with van der Waals surface area (Å²) in [5.74, 6) is 0.778. The molecule has 0 saturated heterocycles. The van der Waals surface area contributed by atoms with Crippen LogP contribution in [-0.4, -0.2) is 50.8 Å². The summed E-state index contributed by atoms with van der Waals surface area (Å²) in [5.41, 5.74) is 7.71. The van der Waals surface area contributed by atoms with E-state index in [1.165, 1.54) is 11.8 Å². The molecule has 1 aromatic carbocycles. The van der Waals surface area contributed by atoms with E-state index in [2.05, 4.69) is 10.1 Å². The van der Waals surface area contributed by atoms with E-state index in [4.69, 9.17) is 10.3 Å². The summed E-state index contributed by atoms with van der Waals surface area (Å²) in [6.07, 6.45) is -0.00348. The van der Waals surface area contributed by atoms with Gasteiger partial charge in [-0.1, -0.05) is 5.16 Å². The van der Waals surface area contributed by atoms with Gasteiger partial charge in [0.1, 0.15) is 0 Å². The molecule has 1 aliphatic heterocycles. The number of nitrogens with zero attached hydrogens (tertiary/aromatic N) is 4. The lowest BCUT2D eigenvalue weighted by Gasteiger charge is -2.43. The van der Waals surface area contributed by atoms with Crippen molar-refractivity contribution in [3.05, 3.63) is 29.7 Å². The van der Waals surface area contributed by atoms with Gasteiger partial charge in [-0.15, -0.1) is 12.4 Å². The third-order valence-corrected chi connectivity index (χ3v) is 5.19. The zero-order valence-corrected chi connectivity index (χ0v) is 18.3. The van der Waals surface area contributed by atoms with Crippen LogP contribution in [-0.2, 0) is 11.2 Å². The minimum Gasteiger partial charge on any atom is -0.465 e. The summed E-state index contributed by atoms with van der Waals surface area (Å²) >= 11 is 0. The lowest BCUT2D eigenvalue weighted by atomic mass is 9.88. The molecule has 0 spiro atoms. The molecule has 30 heavy (non-hydrogen) atoms. The Bertz CT molecular complexity index is 916. The van der Waals surface area contributed by atoms with E-state index in [1.54, 1.807) is 4.90 Å². The largest absolute Gasteiger partial charge is 0.465 e. The number of hydrogen-bond acceptors (Lipinski definition) is 6. The molecular weight excluding hydrogens is 410 g/mol. The van der Waals surface area contributed by atoms with E-state index >= 15 is 0 Å². The number of aromatic nitrogens is 2. The van der Waals surface area contributed by atoms with Crippen LogP contribution in [0, 0.1) is 0 Å². The van der Waals surface area contributed by atoms with Crippen molar-refractivity contribution in [1.82, 2.24) is 15.0 Å². The first-order valence-corrected chi connectivity index (χ1v) is 9.72. The molecule has 3 N–H and O–H groups in total. The molecule has 0 unspecified atom stereocenters. The molecule has 0 radical (unpaired) electrons. The van der Waals surface area contributed by atoms with Gasteiger partial charge in [0, 0.05) is 43.2 Å². The Morgan fingerprint density at radius 1 is 1.40 bits per heavy atom. The van der Waals surface area contributed by atoms with Crippen LogP contribution in [0.2, 0.25) is 0 Å². The van der Waals surface area contributed by atoms with Gasteiger partial charge in [0.15, 0.2) is 0 Å². The highest BCUT2D eigenvalue weighted by Crippen LogP contribution is 2.42. The van der Waals surface area contributed by atoms with E-state index in [-0.39, 0.29) is 36.4 Å². The Kier molecular flexibility index (Phi) is 7.44. The molecule has 1 aromatic heterocycles. The highest BCUT2D eigenvalue weighted by atomic mass is 35.5. The Morgan fingerprint density at radius 3 is 2.67 bits per heavy atom. The van der Waals surface area contributed by atoms with Crippen molar-refractivity contribution in [2.75, 3.05) is 11.4 Å². The first-order valence-electron chi connectivity index (χ1n) is 9.72. The number of carboxylic acid groups (broad SMARTS) is 1. The number of nitrogens with two attached hydrogens (primary N) is 1. The number of carbonyl (C=O) groups excluding carboxylic acids is 1. The smallest absolute Gasteiger partial charge is 0.408 e. The number of fused-ring (bicyclic) bond motifs is 1. The molecule has 1 aliphatic rings. The monoisotopic (exact) mass is 437 g/mol. The summed E-state index contributed by atoms with van der Waals surface area (Å²) in [5, 5.41) is 13.8. The Morgan fingerprint density at radius 2 is 2.10 bits per heavy atom. The number of carbonyl (C=O) groups is 2. The molecule has 0 bridgehead atoms. The van der Waals surface area contributed by atoms with Crippen LogP contribution in [0.4, 0.5) is 10.5 Å². The van der Waals surface area contributed by atoms with Crippen molar-refractivity contribution in [2.45, 2.75) is 58.7 Å². The van der Waals surface area contributed by atoms with Gasteiger partial charge in [0.2, 0.25) is 17.6 Å². The van der Waals surface area contributed by atoms with Gasteiger partial charge in [-0.3, -0.25) is 9.69 Å². The Balaban J connectivity index is 0.00000320. The van der Waals surface area contributed by atoms with Crippen LogP contribution in [0.5, 0.6) is 0 Å². The second-order valence-corrected chi connectivity index (χ2v) is 7.60. The van der Waals surface area contributed by atoms with Crippen molar-refractivity contribution < 1.29 is 19.2 Å². The standard InChI is InChI=1S/C20H27N5O4.ClH/c1-11(2)24(20(27)28)17-9-12(3)25(13(4)26)16-6-5-14(10-15(16)17)19-22-18(7-8-21)29-23-19;/h5-6,10-12,17H,7-9,21H2,1-4H3,(H,27,28);1H/t12-,17+;/m0./s1. The summed E-state index contributed by atoms with van der Waals surface area (Å²) in [6.45, 7) is 7.55. The second kappa shape index (κ2) is 9.44. The average Bonchev–Trinajstić information content (AvgIpc) is 3.09. The minimum absolute atomic E-state index is 0. The lowest BCUT2D eigenvalue weighted by molar-refractivity contribution is -0.117. The van der Waals surface area contributed by atoms with E-state index in [0.717, 1.165) is 5.56 Å². The third kappa shape index (κ3) is 4.41. The first kappa shape index (κ1) is 23.6. The van der Waals surface area contributed by atoms with Crippen LogP contribution in [0.3, 0.4) is 0 Å². The molecule has 2 atom stereocenters. The van der Waals surface area contributed by atoms with Gasteiger partial charge < -0.3 is 20.3 Å². The summed E-state index contributed by atoms with van der Waals surface area (Å²) in [7, 11) is 0. The van der Waals surface area contributed by atoms with Crippen molar-refractivity contribution in [3.8, 4) is 11.4 Å². The molecule has 0 fully saturated rings. The van der Waals surface area contributed by atoms with Crippen LogP contribution in [0.15, 0.2) is 22.7 Å². The SMILES string of the molecule is CC(=O)N1c2ccc(-c3noc(CCN)n3)cc2[C@H](N(C(=O)O)C(C)C)C[C@@H]1C.Cl. The fourth-order valence-electron chi connectivity index (χ4n) is 4.03. The van der Waals surface area contributed by atoms with E-state index in [1.807, 2.05) is 39.0 Å². The highest BCUT2D eigenvalue weighted by Gasteiger charge is 2.38. The van der Waals surface area contributed by atoms with Crippen molar-refractivity contribution in [1.29, 1.82) is 0 Å². The summed E-state index contributed by atoms with van der Waals surface area (Å²) < 4.78 is 5.22. The zero-order chi connectivity index (χ0) is 21.3. The molecule has 9 nitrogen and oxygen atoms in total. The number of benzene rings is 1. The molecule has 164 valence electrons. The summed E-state index contributed by atoms with van der Waals surface area (Å²) in [6, 6.07) is 4.78. The van der Waals surface area contributed by atoms with Gasteiger partial charge in [0.05, 0.1) is 6.04 Å². The number of halogens is 1. The van der Waals surface area contributed by atoms with Crippen LogP contribution >= 0.6 is 12.4 Å². The number of rotatable bonds is 5. The normalized spacial score (nSPS) is 18.0. The highest BCUT2D eigenvalue weighted by molar-refractivity contribution is 5.94. The van der Waals surface area contributed by atoms with Gasteiger partial charge in [-0.05, 0) is 51.0 Å². The maximum Gasteiger partial charge on any atom is 0.408 e. The van der Waals surface area contributed by atoms with Crippen molar-refractivity contribution >= 4 is 30.1 Å². The fraction of sp³-hybridized carbons (Fsp3) is 0.500. The maximum atomic E-state index is 12.3. The van der Waals surface area contributed by atoms with Crippen LogP contribution in [0.25, 0.3) is 11.4 Å². The topological polar surface area (TPSA) is 126 Å². The fourth-order valence-corrected chi connectivity index (χ4v) is 4.03. The number of hydrogen-bond donors (Lipinski definition) is 2. The average molecular weight is 438 g/mol. The van der Waals surface area contributed by atoms with Crippen LogP contribution in [0.1, 0.15) is 51.6 Å². The van der Waals surface area contributed by atoms with Gasteiger partial charge >= 0.3 is 6.09 Å².